The normalized spacial score (nSPS) is 11.4. The van der Waals surface area contributed by atoms with Gasteiger partial charge in [-0.2, -0.15) is 0 Å². The summed E-state index contributed by atoms with van der Waals surface area (Å²) in [6.07, 6.45) is 3.58. The van der Waals surface area contributed by atoms with E-state index in [2.05, 4.69) is 68.2 Å². The van der Waals surface area contributed by atoms with E-state index in [1.807, 2.05) is 25.3 Å². The average molecular weight is 337 g/mol. The van der Waals surface area contributed by atoms with Gasteiger partial charge in [0, 0.05) is 14.1 Å². The molecule has 0 aromatic heterocycles. The van der Waals surface area contributed by atoms with Crippen LogP contribution in [0.1, 0.15) is 33.4 Å². The lowest BCUT2D eigenvalue weighted by molar-refractivity contribution is 0.131. The number of nitrogens with zero attached hydrogens (tertiary/aromatic N) is 3. The predicted molar refractivity (Wildman–Crippen MR) is 106 cm³/mol. The summed E-state index contributed by atoms with van der Waals surface area (Å²) in [6.45, 7) is 8.77. The van der Waals surface area contributed by atoms with E-state index in [1.165, 1.54) is 11.1 Å². The van der Waals surface area contributed by atoms with Gasteiger partial charge >= 0.3 is 0 Å². The van der Waals surface area contributed by atoms with Crippen LogP contribution in [0.4, 0.5) is 5.69 Å². The first-order chi connectivity index (χ1) is 11.9. The van der Waals surface area contributed by atoms with E-state index >= 15 is 0 Å². The van der Waals surface area contributed by atoms with Crippen molar-refractivity contribution in [1.29, 1.82) is 0 Å². The van der Waals surface area contributed by atoms with Crippen LogP contribution in [-0.2, 0) is 11.4 Å². The minimum atomic E-state index is 0.478. The first-order valence-corrected chi connectivity index (χ1v) is 8.40. The minimum absolute atomic E-state index is 0.478. The van der Waals surface area contributed by atoms with Crippen LogP contribution in [0, 0.1) is 27.7 Å². The van der Waals surface area contributed by atoms with E-state index < -0.39 is 0 Å². The molecule has 0 radical (unpaired) electrons. The van der Waals surface area contributed by atoms with E-state index in [9.17, 15) is 0 Å². The Morgan fingerprint density at radius 2 is 1.72 bits per heavy atom. The average Bonchev–Trinajstić information content (AvgIpc) is 2.54. The topological polar surface area (TPSA) is 37.2 Å². The summed E-state index contributed by atoms with van der Waals surface area (Å²) in [5.41, 5.74) is 7.89. The molecule has 0 saturated heterocycles. The zero-order valence-corrected chi connectivity index (χ0v) is 16.0. The molecule has 25 heavy (non-hydrogen) atoms. The highest BCUT2D eigenvalue weighted by atomic mass is 16.6. The van der Waals surface area contributed by atoms with Crippen LogP contribution in [0.3, 0.4) is 0 Å². The maximum absolute atomic E-state index is 5.48. The van der Waals surface area contributed by atoms with Crippen molar-refractivity contribution in [3.05, 3.63) is 63.7 Å². The van der Waals surface area contributed by atoms with Crippen molar-refractivity contribution < 1.29 is 4.84 Å². The van der Waals surface area contributed by atoms with Gasteiger partial charge in [0.15, 0.2) is 0 Å². The molecule has 0 N–H and O–H groups in total. The Balaban J connectivity index is 2.04. The second-order valence-electron chi connectivity index (χ2n) is 6.64. The van der Waals surface area contributed by atoms with E-state index in [0.29, 0.717) is 6.61 Å². The van der Waals surface area contributed by atoms with Crippen molar-refractivity contribution in [2.75, 3.05) is 14.1 Å². The van der Waals surface area contributed by atoms with E-state index in [-0.39, 0.29) is 0 Å². The standard InChI is InChI=1S/C21H27N3O/c1-15-7-8-19(16(2)9-15)13-25-23-12-20-10-18(4)21(11-17(20)3)22-14-24(5)6/h7-12,14H,13H2,1-6H3/b22-14?,23-12+. The zero-order chi connectivity index (χ0) is 18.4. The van der Waals surface area contributed by atoms with Crippen LogP contribution in [-0.4, -0.2) is 31.5 Å². The van der Waals surface area contributed by atoms with Crippen molar-refractivity contribution in [3.63, 3.8) is 0 Å². The smallest absolute Gasteiger partial charge is 0.142 e. The number of aliphatic imine (C=N–C) groups is 1. The first-order valence-electron chi connectivity index (χ1n) is 8.40. The molecule has 0 fully saturated rings. The van der Waals surface area contributed by atoms with Crippen molar-refractivity contribution in [2.45, 2.75) is 34.3 Å². The Bertz CT molecular complexity index is 792. The fourth-order valence-electron chi connectivity index (χ4n) is 2.49. The molecule has 2 aromatic rings. The fraction of sp³-hybridized carbons (Fsp3) is 0.333. The molecule has 4 nitrogen and oxygen atoms in total. The van der Waals surface area contributed by atoms with Gasteiger partial charge in [-0.05, 0) is 67.6 Å². The van der Waals surface area contributed by atoms with Gasteiger partial charge in [-0.15, -0.1) is 0 Å². The summed E-state index contributed by atoms with van der Waals surface area (Å²) in [6, 6.07) is 10.5. The van der Waals surface area contributed by atoms with Gasteiger partial charge in [-0.1, -0.05) is 28.9 Å². The SMILES string of the molecule is Cc1ccc(CO/N=C/c2cc(C)c(N=CN(C)C)cc2C)c(C)c1. The number of hydrogen-bond donors (Lipinski definition) is 0. The number of benzene rings is 2. The summed E-state index contributed by atoms with van der Waals surface area (Å²) in [5.74, 6) is 0. The molecule has 0 aliphatic rings. The van der Waals surface area contributed by atoms with Crippen LogP contribution >= 0.6 is 0 Å². The van der Waals surface area contributed by atoms with Crippen molar-refractivity contribution in [1.82, 2.24) is 4.90 Å². The second kappa shape index (κ2) is 8.47. The van der Waals surface area contributed by atoms with Crippen LogP contribution in [0.2, 0.25) is 0 Å². The van der Waals surface area contributed by atoms with Gasteiger partial charge in [0.05, 0.1) is 18.2 Å². The Kier molecular flexibility index (Phi) is 6.34. The number of aryl methyl sites for hydroxylation is 4. The highest BCUT2D eigenvalue weighted by Crippen LogP contribution is 2.22. The minimum Gasteiger partial charge on any atom is -0.391 e. The van der Waals surface area contributed by atoms with Crippen LogP contribution in [0.15, 0.2) is 40.5 Å². The number of rotatable bonds is 6. The maximum atomic E-state index is 5.48. The summed E-state index contributed by atoms with van der Waals surface area (Å²) < 4.78 is 0. The Labute approximate surface area is 150 Å². The Morgan fingerprint density at radius 3 is 2.40 bits per heavy atom. The van der Waals surface area contributed by atoms with Crippen LogP contribution < -0.4 is 0 Å². The summed E-state index contributed by atoms with van der Waals surface area (Å²) in [7, 11) is 3.92. The molecule has 0 saturated carbocycles. The molecule has 0 spiro atoms. The van der Waals surface area contributed by atoms with Crippen LogP contribution in [0.25, 0.3) is 0 Å². The molecule has 0 aliphatic carbocycles. The van der Waals surface area contributed by atoms with Gasteiger partial charge in [0.1, 0.15) is 6.61 Å². The van der Waals surface area contributed by atoms with Crippen LogP contribution in [0.5, 0.6) is 0 Å². The number of hydrogen-bond acceptors (Lipinski definition) is 3. The highest BCUT2D eigenvalue weighted by molar-refractivity contribution is 5.83. The largest absolute Gasteiger partial charge is 0.391 e. The molecule has 132 valence electrons. The lowest BCUT2D eigenvalue weighted by Crippen LogP contribution is -2.07. The maximum Gasteiger partial charge on any atom is 0.142 e. The zero-order valence-electron chi connectivity index (χ0n) is 16.0. The molecule has 0 heterocycles. The third-order valence-electron chi connectivity index (χ3n) is 4.00. The number of oxime groups is 1. The summed E-state index contributed by atoms with van der Waals surface area (Å²) in [4.78, 5) is 11.9. The van der Waals surface area contributed by atoms with E-state index in [4.69, 9.17) is 4.84 Å². The molecule has 0 aliphatic heterocycles. The quantitative estimate of drug-likeness (QED) is 0.435. The third-order valence-corrected chi connectivity index (χ3v) is 4.00. The van der Waals surface area contributed by atoms with Gasteiger partial charge in [0.25, 0.3) is 0 Å². The first kappa shape index (κ1) is 18.7. The third kappa shape index (κ3) is 5.45. The van der Waals surface area contributed by atoms with Gasteiger partial charge in [-0.25, -0.2) is 4.99 Å². The van der Waals surface area contributed by atoms with Gasteiger partial charge < -0.3 is 9.74 Å². The molecule has 4 heteroatoms. The lowest BCUT2D eigenvalue weighted by Gasteiger charge is -2.08. The second-order valence-corrected chi connectivity index (χ2v) is 6.64. The predicted octanol–water partition coefficient (Wildman–Crippen LogP) is 4.69. The van der Waals surface area contributed by atoms with Crippen molar-refractivity contribution in [2.24, 2.45) is 10.1 Å². The molecule has 0 amide bonds. The monoisotopic (exact) mass is 337 g/mol. The highest BCUT2D eigenvalue weighted by Gasteiger charge is 2.03. The molecular weight excluding hydrogens is 310 g/mol. The molecule has 0 bridgehead atoms. The van der Waals surface area contributed by atoms with Gasteiger partial charge in [-0.3, -0.25) is 0 Å². The van der Waals surface area contributed by atoms with E-state index in [1.54, 1.807) is 6.21 Å². The van der Waals surface area contributed by atoms with Gasteiger partial charge in [0.2, 0.25) is 0 Å². The summed E-state index contributed by atoms with van der Waals surface area (Å²) >= 11 is 0. The van der Waals surface area contributed by atoms with Crippen molar-refractivity contribution in [3.8, 4) is 0 Å². The van der Waals surface area contributed by atoms with Crippen molar-refractivity contribution >= 4 is 18.2 Å². The molecule has 0 unspecified atom stereocenters. The molecule has 0 atom stereocenters. The molecule has 2 aromatic carbocycles. The fourth-order valence-corrected chi connectivity index (χ4v) is 2.49. The van der Waals surface area contributed by atoms with E-state index in [0.717, 1.165) is 27.9 Å². The molecule has 2 rings (SSSR count). The molecular formula is C21H27N3O. The lowest BCUT2D eigenvalue weighted by atomic mass is 10.0. The summed E-state index contributed by atoms with van der Waals surface area (Å²) in [5, 5.41) is 4.13. The Hall–Kier alpha value is -2.62. The Morgan fingerprint density at radius 1 is 0.960 bits per heavy atom.